The topological polar surface area (TPSA) is 55.4 Å². The van der Waals surface area contributed by atoms with Gasteiger partial charge >= 0.3 is 0 Å². The Labute approximate surface area is 181 Å². The van der Waals surface area contributed by atoms with E-state index >= 15 is 0 Å². The number of nitrogens with one attached hydrogen (secondary N) is 1. The summed E-state index contributed by atoms with van der Waals surface area (Å²) in [6, 6.07) is 7.89. The summed E-state index contributed by atoms with van der Waals surface area (Å²) in [5.41, 5.74) is 1.18. The number of benzene rings is 1. The third kappa shape index (κ3) is 5.33. The van der Waals surface area contributed by atoms with Gasteiger partial charge in [-0.3, -0.25) is 9.59 Å². The van der Waals surface area contributed by atoms with Crippen molar-refractivity contribution in [1.82, 2.24) is 5.32 Å². The Morgan fingerprint density at radius 3 is 2.24 bits per heavy atom. The lowest BCUT2D eigenvalue weighted by molar-refractivity contribution is -0.143. The van der Waals surface area contributed by atoms with Crippen molar-refractivity contribution < 1.29 is 14.0 Å². The Hall–Kier alpha value is -1.11. The molecule has 1 fully saturated rings. The molecule has 0 bridgehead atoms. The molecule has 0 aromatic heterocycles. The fraction of sp³-hybridized carbons (Fsp3) is 0.652. The number of amides is 1. The molecule has 1 aliphatic rings. The highest BCUT2D eigenvalue weighted by atomic mass is 32.2. The number of hydrogen-bond donors (Lipinski definition) is 1. The quantitative estimate of drug-likeness (QED) is 0.344. The number of carbonyl (C=O) groups excluding carboxylic acids is 2. The van der Waals surface area contributed by atoms with Crippen molar-refractivity contribution >= 4 is 31.1 Å². The summed E-state index contributed by atoms with van der Waals surface area (Å²) in [7, 11) is -1.99. The predicted octanol–water partition coefficient (Wildman–Crippen LogP) is 5.59. The van der Waals surface area contributed by atoms with Crippen molar-refractivity contribution in [2.75, 3.05) is 0 Å². The molecule has 4 nitrogen and oxygen atoms in total. The molecule has 1 aliphatic heterocycles. The van der Waals surface area contributed by atoms with Gasteiger partial charge in [-0.25, -0.2) is 0 Å². The van der Waals surface area contributed by atoms with Crippen molar-refractivity contribution in [3.8, 4) is 0 Å². The van der Waals surface area contributed by atoms with Gasteiger partial charge in [-0.05, 0) is 42.6 Å². The summed E-state index contributed by atoms with van der Waals surface area (Å²) in [5.74, 6) is -0.193. The summed E-state index contributed by atoms with van der Waals surface area (Å²) in [5, 5.41) is 3.13. The van der Waals surface area contributed by atoms with Gasteiger partial charge in [0.2, 0.25) is 5.91 Å². The van der Waals surface area contributed by atoms with Gasteiger partial charge in [0.15, 0.2) is 13.4 Å². The van der Waals surface area contributed by atoms with Gasteiger partial charge in [0.05, 0.1) is 18.1 Å². The smallest absolute Gasteiger partial charge is 0.228 e. The number of rotatable bonds is 7. The maximum atomic E-state index is 13.0. The third-order valence-electron chi connectivity index (χ3n) is 6.45. The van der Waals surface area contributed by atoms with E-state index in [1.807, 2.05) is 32.0 Å². The normalized spacial score (nSPS) is 22.1. The van der Waals surface area contributed by atoms with E-state index in [1.54, 1.807) is 0 Å². The second kappa shape index (κ2) is 8.94. The molecule has 1 heterocycles. The van der Waals surface area contributed by atoms with Crippen LogP contribution in [0.2, 0.25) is 18.1 Å². The number of thioether (sulfide) groups is 1. The average molecular weight is 436 g/mol. The molecule has 1 saturated heterocycles. The maximum Gasteiger partial charge on any atom is 0.228 e. The Kier molecular flexibility index (Phi) is 7.45. The van der Waals surface area contributed by atoms with Crippen LogP contribution in [0.3, 0.4) is 0 Å². The van der Waals surface area contributed by atoms with Crippen LogP contribution in [0.25, 0.3) is 0 Å². The van der Waals surface area contributed by atoms with Crippen molar-refractivity contribution in [2.45, 2.75) is 89.6 Å². The van der Waals surface area contributed by atoms with E-state index in [-0.39, 0.29) is 40.0 Å². The third-order valence-corrected chi connectivity index (χ3v) is 12.2. The molecule has 6 heteroatoms. The molecular formula is C23H37NO3SSi. The largest absolute Gasteiger partial charge is 0.413 e. The van der Waals surface area contributed by atoms with Crippen LogP contribution >= 0.6 is 11.8 Å². The van der Waals surface area contributed by atoms with Crippen LogP contribution in [0.15, 0.2) is 29.2 Å². The van der Waals surface area contributed by atoms with Crippen LogP contribution in [0.5, 0.6) is 0 Å². The molecule has 29 heavy (non-hydrogen) atoms. The lowest BCUT2D eigenvalue weighted by atomic mass is 9.79. The molecule has 0 saturated carbocycles. The molecular weight excluding hydrogens is 398 g/mol. The molecule has 4 atom stereocenters. The van der Waals surface area contributed by atoms with Crippen molar-refractivity contribution in [2.24, 2.45) is 11.8 Å². The van der Waals surface area contributed by atoms with Gasteiger partial charge in [0.25, 0.3) is 0 Å². The standard InChI is InChI=1S/C23H37NO3SSi/c1-14(2)17-12-10-11-13-18(17)28-22(26)15(3)20-19(21(25)24-20)16(4)27-29(8,9)23(5,6)7/h10-16,19-20H,1-9H3,(H,24,25)/t15-,16+,19+,20+/m0/s1. The summed E-state index contributed by atoms with van der Waals surface area (Å²) >= 11 is 1.29. The lowest BCUT2D eigenvalue weighted by Gasteiger charge is -2.46. The summed E-state index contributed by atoms with van der Waals surface area (Å²) in [6.45, 7) is 19.1. The van der Waals surface area contributed by atoms with Gasteiger partial charge in [-0.1, -0.05) is 71.5 Å². The van der Waals surface area contributed by atoms with E-state index in [4.69, 9.17) is 4.43 Å². The van der Waals surface area contributed by atoms with Gasteiger partial charge < -0.3 is 9.74 Å². The molecule has 0 unspecified atom stereocenters. The zero-order valence-electron chi connectivity index (χ0n) is 19.3. The highest BCUT2D eigenvalue weighted by Gasteiger charge is 2.50. The fourth-order valence-electron chi connectivity index (χ4n) is 3.47. The second-order valence-corrected chi connectivity index (χ2v) is 15.8. The predicted molar refractivity (Wildman–Crippen MR) is 124 cm³/mol. The first-order valence-corrected chi connectivity index (χ1v) is 14.3. The van der Waals surface area contributed by atoms with Crippen molar-refractivity contribution in [1.29, 1.82) is 0 Å². The van der Waals surface area contributed by atoms with E-state index in [1.165, 1.54) is 17.3 Å². The first-order chi connectivity index (χ1) is 13.3. The van der Waals surface area contributed by atoms with Gasteiger partial charge in [-0.2, -0.15) is 0 Å². The number of hydrogen-bond acceptors (Lipinski definition) is 4. The summed E-state index contributed by atoms with van der Waals surface area (Å²) in [4.78, 5) is 26.4. The molecule has 1 aromatic rings. The first kappa shape index (κ1) is 24.2. The Morgan fingerprint density at radius 1 is 1.14 bits per heavy atom. The van der Waals surface area contributed by atoms with E-state index in [0.717, 1.165) is 4.90 Å². The molecule has 1 amide bonds. The van der Waals surface area contributed by atoms with Crippen LogP contribution in [-0.2, 0) is 14.0 Å². The lowest BCUT2D eigenvalue weighted by Crippen LogP contribution is -2.66. The van der Waals surface area contributed by atoms with Gasteiger partial charge in [0.1, 0.15) is 0 Å². The zero-order valence-corrected chi connectivity index (χ0v) is 21.1. The van der Waals surface area contributed by atoms with Crippen LogP contribution in [0, 0.1) is 11.8 Å². The Bertz CT molecular complexity index is 757. The van der Waals surface area contributed by atoms with Crippen LogP contribution in [-0.4, -0.2) is 31.5 Å². The second-order valence-electron chi connectivity index (χ2n) is 10.0. The van der Waals surface area contributed by atoms with Crippen LogP contribution in [0.4, 0.5) is 0 Å². The molecule has 2 rings (SSSR count). The average Bonchev–Trinajstić information content (AvgIpc) is 2.57. The van der Waals surface area contributed by atoms with Crippen LogP contribution in [0.1, 0.15) is 59.9 Å². The van der Waals surface area contributed by atoms with E-state index in [0.29, 0.717) is 5.92 Å². The SMILES string of the molecule is CC(C)c1ccccc1SC(=O)[C@@H](C)[C@H]1NC(=O)[C@@H]1[C@@H](C)O[Si](C)(C)C(C)(C)C. The fourth-order valence-corrected chi connectivity index (χ4v) is 6.02. The van der Waals surface area contributed by atoms with Gasteiger partial charge in [-0.15, -0.1) is 0 Å². The Morgan fingerprint density at radius 2 is 1.72 bits per heavy atom. The minimum atomic E-state index is -1.99. The van der Waals surface area contributed by atoms with Gasteiger partial charge in [0, 0.05) is 10.8 Å². The minimum absolute atomic E-state index is 0.00607. The van der Waals surface area contributed by atoms with E-state index < -0.39 is 8.32 Å². The first-order valence-electron chi connectivity index (χ1n) is 10.5. The summed E-state index contributed by atoms with van der Waals surface area (Å²) in [6.07, 6.45) is -0.196. The van der Waals surface area contributed by atoms with Crippen molar-refractivity contribution in [3.05, 3.63) is 29.8 Å². The van der Waals surface area contributed by atoms with E-state index in [9.17, 15) is 9.59 Å². The molecule has 0 radical (unpaired) electrons. The molecule has 0 aliphatic carbocycles. The highest BCUT2D eigenvalue weighted by Crippen LogP contribution is 2.40. The zero-order chi connectivity index (χ0) is 22.1. The van der Waals surface area contributed by atoms with E-state index in [2.05, 4.69) is 59.1 Å². The molecule has 0 spiro atoms. The maximum absolute atomic E-state index is 13.0. The minimum Gasteiger partial charge on any atom is -0.413 e. The van der Waals surface area contributed by atoms with Crippen LogP contribution < -0.4 is 5.32 Å². The molecule has 162 valence electrons. The molecule has 1 aromatic carbocycles. The summed E-state index contributed by atoms with van der Waals surface area (Å²) < 4.78 is 6.47. The monoisotopic (exact) mass is 435 g/mol. The Balaban J connectivity index is 2.10. The number of β-lactam (4-membered cyclic amide) rings is 1. The number of carbonyl (C=O) groups is 2. The molecule has 1 N–H and O–H groups in total. The van der Waals surface area contributed by atoms with Crippen molar-refractivity contribution in [3.63, 3.8) is 0 Å². The highest BCUT2D eigenvalue weighted by molar-refractivity contribution is 8.13.